The number of aliphatic carboxylic acids is 2. The van der Waals surface area contributed by atoms with Crippen molar-refractivity contribution >= 4 is 68.4 Å². The van der Waals surface area contributed by atoms with E-state index in [9.17, 15) is 19.8 Å². The van der Waals surface area contributed by atoms with Crippen LogP contribution < -0.4 is 0 Å². The third kappa shape index (κ3) is 5.91. The van der Waals surface area contributed by atoms with Crippen LogP contribution in [0, 0.1) is 13.8 Å². The molecule has 0 saturated heterocycles. The largest absolute Gasteiger partial charge is 0.481 e. The second-order valence-electron chi connectivity index (χ2n) is 10.7. The van der Waals surface area contributed by atoms with Crippen molar-refractivity contribution in [2.75, 3.05) is 0 Å². The van der Waals surface area contributed by atoms with Gasteiger partial charge in [-0.1, -0.05) is 25.3 Å². The number of aryl methyl sites for hydroxylation is 2. The first-order valence-electron chi connectivity index (χ1n) is 13.9. The molecule has 0 radical (unpaired) electrons. The Morgan fingerprint density at radius 2 is 1.07 bits per heavy atom. The molecule has 3 aromatic heterocycles. The summed E-state index contributed by atoms with van der Waals surface area (Å²) >= 11 is 0. The van der Waals surface area contributed by atoms with Crippen LogP contribution in [0.1, 0.15) is 84.6 Å². The van der Waals surface area contributed by atoms with Crippen LogP contribution in [-0.4, -0.2) is 42.1 Å². The van der Waals surface area contributed by atoms with Crippen LogP contribution in [0.2, 0.25) is 0 Å². The molecule has 2 aliphatic rings. The van der Waals surface area contributed by atoms with Crippen LogP contribution in [0.15, 0.2) is 37.4 Å². The number of aromatic nitrogens is 4. The second-order valence-corrected chi connectivity index (χ2v) is 10.7. The zero-order valence-electron chi connectivity index (χ0n) is 24.7. The molecule has 5 heterocycles. The van der Waals surface area contributed by atoms with Crippen LogP contribution in [0.5, 0.6) is 0 Å². The fourth-order valence-corrected chi connectivity index (χ4v) is 5.77. The molecule has 222 valence electrons. The van der Waals surface area contributed by atoms with Gasteiger partial charge in [0.05, 0.1) is 22.8 Å². The molecular formula is C34H34FeN4O4. The molecule has 4 N–H and O–H groups in total. The van der Waals surface area contributed by atoms with E-state index in [-0.39, 0.29) is 29.9 Å². The van der Waals surface area contributed by atoms with Gasteiger partial charge in [0, 0.05) is 63.1 Å². The van der Waals surface area contributed by atoms with Crippen molar-refractivity contribution < 1.29 is 36.9 Å². The Morgan fingerprint density at radius 3 is 1.49 bits per heavy atom. The number of aromatic amines is 2. The Hall–Kier alpha value is -4.46. The smallest absolute Gasteiger partial charge is 0.303 e. The molecular weight excluding hydrogens is 584 g/mol. The normalized spacial score (nSPS) is 12.7. The number of nitrogens with one attached hydrogen (secondary N) is 2. The first kappa shape index (κ1) is 31.5. The molecule has 5 rings (SSSR count). The number of fused-ring (bicyclic) bond motifs is 8. The Labute approximate surface area is 260 Å². The number of carbonyl (C=O) groups is 2. The minimum absolute atomic E-state index is 0. The Kier molecular flexibility index (Phi) is 9.09. The molecule has 0 saturated carbocycles. The van der Waals surface area contributed by atoms with Gasteiger partial charge in [-0.2, -0.15) is 0 Å². The summed E-state index contributed by atoms with van der Waals surface area (Å²) in [6.07, 6.45) is 4.20. The average Bonchev–Trinajstić information content (AvgIpc) is 3.59. The predicted molar refractivity (Wildman–Crippen MR) is 169 cm³/mol. The van der Waals surface area contributed by atoms with Crippen molar-refractivity contribution in [2.24, 2.45) is 0 Å². The summed E-state index contributed by atoms with van der Waals surface area (Å²) in [4.78, 5) is 40.0. The summed E-state index contributed by atoms with van der Waals surface area (Å²) in [5.41, 5.74) is 13.7. The maximum atomic E-state index is 11.5. The molecule has 3 aromatic rings. The van der Waals surface area contributed by atoms with Gasteiger partial charge in [0.1, 0.15) is 0 Å². The van der Waals surface area contributed by atoms with E-state index in [0.29, 0.717) is 24.2 Å². The minimum Gasteiger partial charge on any atom is -0.481 e. The molecule has 0 atom stereocenters. The number of allylic oxidation sites excluding steroid dienone is 4. The number of carboxylic acid groups (broad SMARTS) is 2. The summed E-state index contributed by atoms with van der Waals surface area (Å²) in [7, 11) is 0. The molecule has 8 nitrogen and oxygen atoms in total. The Balaban J connectivity index is 0.00000423. The summed E-state index contributed by atoms with van der Waals surface area (Å²) in [6.45, 7) is 16.1. The van der Waals surface area contributed by atoms with E-state index in [0.717, 1.165) is 78.0 Å². The monoisotopic (exact) mass is 618 g/mol. The zero-order valence-corrected chi connectivity index (χ0v) is 25.8. The summed E-state index contributed by atoms with van der Waals surface area (Å²) in [5.74, 6) is -1.78. The van der Waals surface area contributed by atoms with Gasteiger partial charge in [-0.05, 0) is 98.2 Å². The van der Waals surface area contributed by atoms with Gasteiger partial charge in [0.25, 0.3) is 0 Å². The van der Waals surface area contributed by atoms with E-state index in [4.69, 9.17) is 9.97 Å². The molecule has 0 unspecified atom stereocenters. The zero-order chi connectivity index (χ0) is 30.3. The Morgan fingerprint density at radius 1 is 0.674 bits per heavy atom. The van der Waals surface area contributed by atoms with Gasteiger partial charge in [0.2, 0.25) is 0 Å². The molecule has 0 fully saturated rings. The van der Waals surface area contributed by atoms with Crippen LogP contribution in [0.3, 0.4) is 0 Å². The van der Waals surface area contributed by atoms with E-state index >= 15 is 0 Å². The predicted octanol–water partition coefficient (Wildman–Crippen LogP) is 7.81. The summed E-state index contributed by atoms with van der Waals surface area (Å²) < 4.78 is 0. The van der Waals surface area contributed by atoms with E-state index in [1.165, 1.54) is 0 Å². The molecule has 0 aliphatic carbocycles. The number of rotatable bonds is 8. The van der Waals surface area contributed by atoms with Crippen molar-refractivity contribution in [2.45, 2.75) is 53.4 Å². The van der Waals surface area contributed by atoms with E-state index in [1.54, 1.807) is 0 Å². The molecule has 0 aromatic carbocycles. The van der Waals surface area contributed by atoms with Crippen molar-refractivity contribution in [3.05, 3.63) is 82.5 Å². The van der Waals surface area contributed by atoms with Gasteiger partial charge < -0.3 is 20.2 Å². The first-order valence-corrected chi connectivity index (χ1v) is 13.9. The van der Waals surface area contributed by atoms with E-state index < -0.39 is 11.9 Å². The molecule has 0 spiro atoms. The number of carboxylic acids is 2. The van der Waals surface area contributed by atoms with Crippen molar-refractivity contribution in [1.82, 2.24) is 19.9 Å². The van der Waals surface area contributed by atoms with Gasteiger partial charge in [-0.15, -0.1) is 0 Å². The maximum absolute atomic E-state index is 11.5. The van der Waals surface area contributed by atoms with Crippen LogP contribution in [0.4, 0.5) is 0 Å². The quantitative estimate of drug-likeness (QED) is 0.191. The molecule has 2 aliphatic heterocycles. The Bertz CT molecular complexity index is 1920. The first-order chi connectivity index (χ1) is 20.0. The van der Waals surface area contributed by atoms with Crippen LogP contribution >= 0.6 is 0 Å². The maximum Gasteiger partial charge on any atom is 0.303 e. The molecule has 8 bridgehead atoms. The molecule has 0 amide bonds. The van der Waals surface area contributed by atoms with E-state index in [1.807, 2.05) is 58.0 Å². The fourth-order valence-electron chi connectivity index (χ4n) is 5.77. The van der Waals surface area contributed by atoms with Gasteiger partial charge >= 0.3 is 11.9 Å². The molecule has 43 heavy (non-hydrogen) atoms. The topological polar surface area (TPSA) is 132 Å². The van der Waals surface area contributed by atoms with Crippen LogP contribution in [0.25, 0.3) is 56.5 Å². The van der Waals surface area contributed by atoms with Crippen molar-refractivity contribution in [3.63, 3.8) is 0 Å². The minimum atomic E-state index is -0.889. The average molecular weight is 619 g/mol. The third-order valence-corrected chi connectivity index (χ3v) is 8.22. The number of hydrogen-bond donors (Lipinski definition) is 4. The summed E-state index contributed by atoms with van der Waals surface area (Å²) in [6, 6.07) is 7.88. The summed E-state index contributed by atoms with van der Waals surface area (Å²) in [5, 5.41) is 18.9. The van der Waals surface area contributed by atoms with Gasteiger partial charge in [-0.25, -0.2) is 9.97 Å². The van der Waals surface area contributed by atoms with E-state index in [2.05, 4.69) is 29.2 Å². The van der Waals surface area contributed by atoms with Crippen molar-refractivity contribution in [1.29, 1.82) is 0 Å². The van der Waals surface area contributed by atoms with Gasteiger partial charge in [-0.3, -0.25) is 9.59 Å². The standard InChI is InChI=1S/C34H34N4O4.Fe/c1-7-21-17(3)25-13-26-19(5)23(9-11-33(39)40)31(37-26)16-32-24(10-12-34(41)42)20(6)28(38-32)15-30-22(8-2)18(4)27(36-30)14-29(21)35-25;/h7-8,13-16,35-36H,1-2,9-12H2,3-6H3,(H,39,40)(H,41,42);. The number of nitrogens with zero attached hydrogens (tertiary/aromatic N) is 2. The van der Waals surface area contributed by atoms with Gasteiger partial charge in [0.15, 0.2) is 0 Å². The van der Waals surface area contributed by atoms with Crippen molar-refractivity contribution in [3.8, 4) is 0 Å². The second kappa shape index (κ2) is 12.4. The third-order valence-electron chi connectivity index (χ3n) is 8.22. The number of hydrogen-bond acceptors (Lipinski definition) is 4. The SMILES string of the molecule is C=Cc1c(C)c2cc3[nH]c(cc4nc(cc5nc(cc1[nH]2)C(C)=C5CCC(=O)O)C(CCC(=O)O)=C4C)c(C)c3C=C.[Fe]. The molecule has 9 heteroatoms. The van der Waals surface area contributed by atoms with Crippen LogP contribution in [-0.2, 0) is 26.7 Å². The number of H-pyrrole nitrogens is 2. The fraction of sp³-hybridized carbons (Fsp3) is 0.235.